The summed E-state index contributed by atoms with van der Waals surface area (Å²) in [4.78, 5) is 10.2. The highest BCUT2D eigenvalue weighted by molar-refractivity contribution is 5.75. The van der Waals surface area contributed by atoms with Crippen LogP contribution >= 0.6 is 0 Å². The van der Waals surface area contributed by atoms with E-state index in [0.29, 0.717) is 12.3 Å². The molecule has 0 aromatic rings. The zero-order valence-corrected chi connectivity index (χ0v) is 5.18. The molecule has 1 fully saturated rings. The summed E-state index contributed by atoms with van der Waals surface area (Å²) < 4.78 is 4.76. The van der Waals surface area contributed by atoms with Crippen molar-refractivity contribution in [2.24, 2.45) is 5.92 Å². The molecule has 2 heteroatoms. The number of rotatable bonds is 1. The molecule has 0 spiro atoms. The first-order chi connectivity index (χ1) is 3.70. The molecule has 0 amide bonds. The summed E-state index contributed by atoms with van der Waals surface area (Å²) in [5, 5.41) is 0. The maximum absolute atomic E-state index is 10.2. The Morgan fingerprint density at radius 2 is 2.25 bits per heavy atom. The predicted octanol–water partition coefficient (Wildman–Crippen LogP) is 0.958. The first-order valence-corrected chi connectivity index (χ1v) is 2.89. The van der Waals surface area contributed by atoms with Gasteiger partial charge in [-0.3, -0.25) is 4.79 Å². The quantitative estimate of drug-likeness (QED) is 0.474. The molecule has 46 valence electrons. The molecule has 1 aliphatic rings. The molecule has 0 saturated carbocycles. The van der Waals surface area contributed by atoms with Crippen LogP contribution in [0.15, 0.2) is 0 Å². The zero-order valence-electron chi connectivity index (χ0n) is 5.18. The Bertz CT molecular complexity index is 99.1. The molecular weight excluding hydrogens is 104 g/mol. The monoisotopic (exact) mass is 114 g/mol. The average Bonchev–Trinajstić information content (AvgIpc) is 1.57. The van der Waals surface area contributed by atoms with Gasteiger partial charge >= 0.3 is 5.97 Å². The van der Waals surface area contributed by atoms with Gasteiger partial charge in [-0.05, 0) is 5.92 Å². The van der Waals surface area contributed by atoms with E-state index >= 15 is 0 Å². The Morgan fingerprint density at radius 3 is 2.38 bits per heavy atom. The second-order valence-corrected chi connectivity index (χ2v) is 2.48. The maximum atomic E-state index is 10.2. The first-order valence-electron chi connectivity index (χ1n) is 2.89. The van der Waals surface area contributed by atoms with E-state index < -0.39 is 0 Å². The molecule has 1 atom stereocenters. The molecule has 1 saturated heterocycles. The van der Waals surface area contributed by atoms with Gasteiger partial charge in [-0.25, -0.2) is 0 Å². The third-order valence-corrected chi connectivity index (χ3v) is 1.39. The fourth-order valence-electron chi connectivity index (χ4n) is 0.695. The molecule has 2 nitrogen and oxygen atoms in total. The SMILES string of the molecule is CC(C)[C@H]1CC(=O)O1. The lowest BCUT2D eigenvalue weighted by atomic mass is 10.0. The fraction of sp³-hybridized carbons (Fsp3) is 0.833. The molecule has 0 aliphatic carbocycles. The minimum absolute atomic E-state index is 0.0521. The van der Waals surface area contributed by atoms with E-state index in [1.807, 2.05) is 0 Å². The van der Waals surface area contributed by atoms with Crippen LogP contribution in [-0.2, 0) is 9.53 Å². The van der Waals surface area contributed by atoms with Crippen LogP contribution in [0.25, 0.3) is 0 Å². The van der Waals surface area contributed by atoms with E-state index in [1.54, 1.807) is 0 Å². The molecule has 1 rings (SSSR count). The van der Waals surface area contributed by atoms with E-state index in [9.17, 15) is 4.79 Å². The molecule has 0 aromatic heterocycles. The second kappa shape index (κ2) is 1.77. The first kappa shape index (κ1) is 5.60. The van der Waals surface area contributed by atoms with Crippen molar-refractivity contribution in [1.29, 1.82) is 0 Å². The molecular formula is C6H10O2. The highest BCUT2D eigenvalue weighted by Gasteiger charge is 2.30. The minimum Gasteiger partial charge on any atom is -0.461 e. The lowest BCUT2D eigenvalue weighted by molar-refractivity contribution is -0.173. The third-order valence-electron chi connectivity index (χ3n) is 1.39. The number of esters is 1. The summed E-state index contributed by atoms with van der Waals surface area (Å²) in [6.45, 7) is 4.11. The van der Waals surface area contributed by atoms with Crippen LogP contribution in [0, 0.1) is 5.92 Å². The Labute approximate surface area is 48.8 Å². The van der Waals surface area contributed by atoms with E-state index in [0.717, 1.165) is 0 Å². The topological polar surface area (TPSA) is 26.3 Å². The van der Waals surface area contributed by atoms with E-state index in [4.69, 9.17) is 4.74 Å². The Morgan fingerprint density at radius 1 is 1.75 bits per heavy atom. The summed E-state index contributed by atoms with van der Waals surface area (Å²) in [5.41, 5.74) is 0. The summed E-state index contributed by atoms with van der Waals surface area (Å²) in [5.74, 6) is 0.441. The van der Waals surface area contributed by atoms with Crippen molar-refractivity contribution < 1.29 is 9.53 Å². The Kier molecular flexibility index (Phi) is 1.24. The van der Waals surface area contributed by atoms with Crippen molar-refractivity contribution in [3.63, 3.8) is 0 Å². The van der Waals surface area contributed by atoms with Gasteiger partial charge < -0.3 is 4.74 Å². The molecule has 8 heavy (non-hydrogen) atoms. The largest absolute Gasteiger partial charge is 0.461 e. The van der Waals surface area contributed by atoms with Crippen molar-refractivity contribution in [3.05, 3.63) is 0 Å². The number of hydrogen-bond donors (Lipinski definition) is 0. The van der Waals surface area contributed by atoms with Gasteiger partial charge in [-0.2, -0.15) is 0 Å². The predicted molar refractivity (Wildman–Crippen MR) is 29.3 cm³/mol. The van der Waals surface area contributed by atoms with Crippen LogP contribution in [0.2, 0.25) is 0 Å². The van der Waals surface area contributed by atoms with E-state index in [2.05, 4.69) is 13.8 Å². The molecule has 1 aliphatic heterocycles. The van der Waals surface area contributed by atoms with Gasteiger partial charge in [0.2, 0.25) is 0 Å². The van der Waals surface area contributed by atoms with Crippen molar-refractivity contribution in [3.8, 4) is 0 Å². The smallest absolute Gasteiger partial charge is 0.309 e. The second-order valence-electron chi connectivity index (χ2n) is 2.48. The van der Waals surface area contributed by atoms with Crippen molar-refractivity contribution in [2.45, 2.75) is 26.4 Å². The third kappa shape index (κ3) is 0.831. The number of hydrogen-bond acceptors (Lipinski definition) is 2. The number of carbonyl (C=O) groups is 1. The van der Waals surface area contributed by atoms with Crippen LogP contribution in [0.1, 0.15) is 20.3 Å². The molecule has 0 N–H and O–H groups in total. The zero-order chi connectivity index (χ0) is 6.15. The molecule has 0 bridgehead atoms. The average molecular weight is 114 g/mol. The van der Waals surface area contributed by atoms with Gasteiger partial charge in [0.15, 0.2) is 0 Å². The normalized spacial score (nSPS) is 27.4. The lowest BCUT2D eigenvalue weighted by Crippen LogP contribution is -2.36. The summed E-state index contributed by atoms with van der Waals surface area (Å²) in [6.07, 6.45) is 0.833. The van der Waals surface area contributed by atoms with Gasteiger partial charge in [0.05, 0.1) is 6.42 Å². The molecule has 0 unspecified atom stereocenters. The highest BCUT2D eigenvalue weighted by Crippen LogP contribution is 2.20. The van der Waals surface area contributed by atoms with Crippen LogP contribution in [0.4, 0.5) is 0 Å². The van der Waals surface area contributed by atoms with Crippen molar-refractivity contribution >= 4 is 5.97 Å². The van der Waals surface area contributed by atoms with Crippen molar-refractivity contribution in [1.82, 2.24) is 0 Å². The lowest BCUT2D eigenvalue weighted by Gasteiger charge is -2.28. The standard InChI is InChI=1S/C6H10O2/c1-4(2)5-3-6(7)8-5/h4-5H,3H2,1-2H3/t5-/m1/s1. The summed E-state index contributed by atoms with van der Waals surface area (Å²) >= 11 is 0. The van der Waals surface area contributed by atoms with Crippen molar-refractivity contribution in [2.75, 3.05) is 0 Å². The highest BCUT2D eigenvalue weighted by atomic mass is 16.6. The summed E-state index contributed by atoms with van der Waals surface area (Å²) in [6, 6.07) is 0. The van der Waals surface area contributed by atoms with Crippen LogP contribution in [-0.4, -0.2) is 12.1 Å². The fourth-order valence-corrected chi connectivity index (χ4v) is 0.695. The van der Waals surface area contributed by atoms with Gasteiger partial charge in [-0.1, -0.05) is 13.8 Å². The van der Waals surface area contributed by atoms with Gasteiger partial charge in [-0.15, -0.1) is 0 Å². The number of ether oxygens (including phenoxy) is 1. The van der Waals surface area contributed by atoms with Crippen LogP contribution < -0.4 is 0 Å². The maximum Gasteiger partial charge on any atom is 0.309 e. The molecule has 0 radical (unpaired) electrons. The van der Waals surface area contributed by atoms with Crippen LogP contribution in [0.3, 0.4) is 0 Å². The number of cyclic esters (lactones) is 1. The Balaban J connectivity index is 2.25. The molecule has 1 heterocycles. The van der Waals surface area contributed by atoms with Crippen LogP contribution in [0.5, 0.6) is 0 Å². The van der Waals surface area contributed by atoms with E-state index in [-0.39, 0.29) is 12.1 Å². The summed E-state index contributed by atoms with van der Waals surface area (Å²) in [7, 11) is 0. The van der Waals surface area contributed by atoms with Gasteiger partial charge in [0, 0.05) is 0 Å². The van der Waals surface area contributed by atoms with E-state index in [1.165, 1.54) is 0 Å². The van der Waals surface area contributed by atoms with Gasteiger partial charge in [0.25, 0.3) is 0 Å². The number of carbonyl (C=O) groups excluding carboxylic acids is 1. The molecule has 0 aromatic carbocycles. The Hall–Kier alpha value is -0.530. The minimum atomic E-state index is -0.0521. The van der Waals surface area contributed by atoms with Gasteiger partial charge in [0.1, 0.15) is 6.10 Å².